The van der Waals surface area contributed by atoms with Gasteiger partial charge in [-0.25, -0.2) is 4.99 Å². The number of hydrogen-bond acceptors (Lipinski definition) is 3. The SMILES string of the molecule is C=CCNC(=NCc1nnc(C)n1C)NCC(C)c1ccc(C)cc1.I. The summed E-state index contributed by atoms with van der Waals surface area (Å²) in [5.41, 5.74) is 2.59. The van der Waals surface area contributed by atoms with Gasteiger partial charge in [0.1, 0.15) is 12.4 Å². The zero-order valence-corrected chi connectivity index (χ0v) is 18.3. The van der Waals surface area contributed by atoms with Crippen molar-refractivity contribution in [2.24, 2.45) is 12.0 Å². The predicted molar refractivity (Wildman–Crippen MR) is 118 cm³/mol. The van der Waals surface area contributed by atoms with Gasteiger partial charge in [0.25, 0.3) is 0 Å². The van der Waals surface area contributed by atoms with E-state index in [4.69, 9.17) is 0 Å². The standard InChI is InChI=1S/C19H28N6.HI/c1-6-11-20-19(22-13-18-24-23-16(4)25(18)5)21-12-15(3)17-9-7-14(2)8-10-17;/h6-10,15H,1,11-13H2,2-5H3,(H2,20,21,22);1H. The number of rotatable bonds is 7. The maximum atomic E-state index is 4.61. The van der Waals surface area contributed by atoms with E-state index in [0.717, 1.165) is 24.2 Å². The van der Waals surface area contributed by atoms with Gasteiger partial charge in [-0.05, 0) is 25.3 Å². The van der Waals surface area contributed by atoms with Crippen molar-refractivity contribution in [3.63, 3.8) is 0 Å². The van der Waals surface area contributed by atoms with Gasteiger partial charge in [-0.3, -0.25) is 0 Å². The predicted octanol–water partition coefficient (Wildman–Crippen LogP) is 3.07. The average molecular weight is 468 g/mol. The van der Waals surface area contributed by atoms with Crippen LogP contribution in [-0.2, 0) is 13.6 Å². The number of benzene rings is 1. The molecule has 0 aliphatic rings. The van der Waals surface area contributed by atoms with Crippen LogP contribution in [0.5, 0.6) is 0 Å². The Kier molecular flexibility index (Phi) is 9.32. The molecule has 6 nitrogen and oxygen atoms in total. The monoisotopic (exact) mass is 468 g/mol. The summed E-state index contributed by atoms with van der Waals surface area (Å²) >= 11 is 0. The van der Waals surface area contributed by atoms with Crippen LogP contribution in [0.3, 0.4) is 0 Å². The highest BCUT2D eigenvalue weighted by Crippen LogP contribution is 2.14. The van der Waals surface area contributed by atoms with Crippen molar-refractivity contribution in [2.45, 2.75) is 33.2 Å². The first-order chi connectivity index (χ1) is 12.0. The minimum absolute atomic E-state index is 0. The Hall–Kier alpha value is -1.90. The van der Waals surface area contributed by atoms with Crippen LogP contribution in [0.1, 0.15) is 35.6 Å². The van der Waals surface area contributed by atoms with E-state index in [0.29, 0.717) is 19.0 Å². The average Bonchev–Trinajstić information content (AvgIpc) is 2.93. The highest BCUT2D eigenvalue weighted by atomic mass is 127. The van der Waals surface area contributed by atoms with Crippen LogP contribution in [0.25, 0.3) is 0 Å². The minimum Gasteiger partial charge on any atom is -0.356 e. The quantitative estimate of drug-likeness (QED) is 0.284. The molecule has 1 aromatic heterocycles. The van der Waals surface area contributed by atoms with Crippen molar-refractivity contribution < 1.29 is 0 Å². The van der Waals surface area contributed by atoms with Gasteiger partial charge < -0.3 is 15.2 Å². The molecule has 0 bridgehead atoms. The van der Waals surface area contributed by atoms with Gasteiger partial charge in [0.05, 0.1) is 0 Å². The van der Waals surface area contributed by atoms with E-state index in [2.05, 4.69) is 70.5 Å². The molecular weight excluding hydrogens is 439 g/mol. The van der Waals surface area contributed by atoms with E-state index >= 15 is 0 Å². The van der Waals surface area contributed by atoms with Crippen LogP contribution >= 0.6 is 24.0 Å². The zero-order valence-electron chi connectivity index (χ0n) is 16.0. The molecule has 7 heteroatoms. The number of aliphatic imine (C=N–C) groups is 1. The summed E-state index contributed by atoms with van der Waals surface area (Å²) in [5, 5.41) is 14.9. The largest absolute Gasteiger partial charge is 0.356 e. The summed E-state index contributed by atoms with van der Waals surface area (Å²) in [5.74, 6) is 2.85. The topological polar surface area (TPSA) is 67.1 Å². The molecule has 0 aliphatic heterocycles. The Morgan fingerprint density at radius 2 is 1.92 bits per heavy atom. The number of guanidine groups is 1. The van der Waals surface area contributed by atoms with E-state index in [-0.39, 0.29) is 24.0 Å². The smallest absolute Gasteiger partial charge is 0.191 e. The fraction of sp³-hybridized carbons (Fsp3) is 0.421. The number of aryl methyl sites for hydroxylation is 2. The lowest BCUT2D eigenvalue weighted by Crippen LogP contribution is -2.39. The van der Waals surface area contributed by atoms with Gasteiger partial charge in [-0.1, -0.05) is 42.8 Å². The summed E-state index contributed by atoms with van der Waals surface area (Å²) in [7, 11) is 1.95. The third kappa shape index (κ3) is 6.44. The van der Waals surface area contributed by atoms with E-state index in [9.17, 15) is 0 Å². The Morgan fingerprint density at radius 1 is 1.23 bits per heavy atom. The second kappa shape index (κ2) is 10.9. The van der Waals surface area contributed by atoms with Crippen LogP contribution in [0.15, 0.2) is 41.9 Å². The van der Waals surface area contributed by atoms with E-state index in [1.165, 1.54) is 11.1 Å². The second-order valence-corrected chi connectivity index (χ2v) is 6.25. The molecule has 1 heterocycles. The Morgan fingerprint density at radius 3 is 2.50 bits per heavy atom. The second-order valence-electron chi connectivity index (χ2n) is 6.25. The van der Waals surface area contributed by atoms with E-state index in [1.54, 1.807) is 0 Å². The lowest BCUT2D eigenvalue weighted by molar-refractivity contribution is 0.697. The molecule has 0 fully saturated rings. The van der Waals surface area contributed by atoms with Gasteiger partial charge in [-0.15, -0.1) is 40.8 Å². The number of aromatic nitrogens is 3. The minimum atomic E-state index is 0. The van der Waals surface area contributed by atoms with E-state index in [1.807, 2.05) is 24.6 Å². The van der Waals surface area contributed by atoms with Crippen LogP contribution in [0.2, 0.25) is 0 Å². The first-order valence-corrected chi connectivity index (χ1v) is 8.55. The summed E-state index contributed by atoms with van der Waals surface area (Å²) in [6.07, 6.45) is 1.81. The first kappa shape index (κ1) is 22.1. The molecule has 2 rings (SSSR count). The number of hydrogen-bond donors (Lipinski definition) is 2. The van der Waals surface area contributed by atoms with Crippen molar-refractivity contribution in [1.29, 1.82) is 0 Å². The van der Waals surface area contributed by atoms with Crippen LogP contribution in [0.4, 0.5) is 0 Å². The number of nitrogens with one attached hydrogen (secondary N) is 2. The Bertz CT molecular complexity index is 720. The van der Waals surface area contributed by atoms with Crippen LogP contribution < -0.4 is 10.6 Å². The molecule has 1 unspecified atom stereocenters. The Labute approximate surface area is 173 Å². The lowest BCUT2D eigenvalue weighted by Gasteiger charge is -2.16. The fourth-order valence-electron chi connectivity index (χ4n) is 2.34. The lowest BCUT2D eigenvalue weighted by atomic mass is 10.0. The zero-order chi connectivity index (χ0) is 18.2. The molecule has 0 spiro atoms. The number of nitrogens with zero attached hydrogens (tertiary/aromatic N) is 4. The van der Waals surface area contributed by atoms with Crippen molar-refractivity contribution in [3.05, 3.63) is 59.7 Å². The molecular formula is C19H29IN6. The molecule has 0 saturated carbocycles. The summed E-state index contributed by atoms with van der Waals surface area (Å²) in [4.78, 5) is 4.61. The molecule has 1 atom stereocenters. The molecule has 1 aromatic carbocycles. The maximum Gasteiger partial charge on any atom is 0.191 e. The van der Waals surface area contributed by atoms with Crippen LogP contribution in [-0.4, -0.2) is 33.8 Å². The third-order valence-corrected chi connectivity index (χ3v) is 4.20. The number of halogens is 1. The van der Waals surface area contributed by atoms with Crippen molar-refractivity contribution in [3.8, 4) is 0 Å². The summed E-state index contributed by atoms with van der Waals surface area (Å²) in [6, 6.07) is 8.65. The van der Waals surface area contributed by atoms with Crippen molar-refractivity contribution in [2.75, 3.05) is 13.1 Å². The first-order valence-electron chi connectivity index (χ1n) is 8.55. The molecule has 0 radical (unpaired) electrons. The summed E-state index contributed by atoms with van der Waals surface area (Å²) in [6.45, 7) is 11.9. The molecule has 2 N–H and O–H groups in total. The van der Waals surface area contributed by atoms with Gasteiger partial charge in [0, 0.05) is 20.1 Å². The van der Waals surface area contributed by atoms with Gasteiger partial charge in [-0.2, -0.15) is 0 Å². The van der Waals surface area contributed by atoms with Gasteiger partial charge in [0.15, 0.2) is 11.8 Å². The van der Waals surface area contributed by atoms with Crippen molar-refractivity contribution >= 4 is 29.9 Å². The molecule has 2 aromatic rings. The molecule has 26 heavy (non-hydrogen) atoms. The van der Waals surface area contributed by atoms with Crippen LogP contribution in [0, 0.1) is 13.8 Å². The Balaban J connectivity index is 0.00000338. The van der Waals surface area contributed by atoms with Crippen molar-refractivity contribution in [1.82, 2.24) is 25.4 Å². The van der Waals surface area contributed by atoms with E-state index < -0.39 is 0 Å². The highest BCUT2D eigenvalue weighted by molar-refractivity contribution is 14.0. The molecule has 0 amide bonds. The van der Waals surface area contributed by atoms with Gasteiger partial charge in [0.2, 0.25) is 0 Å². The molecule has 0 aliphatic carbocycles. The maximum absolute atomic E-state index is 4.61. The van der Waals surface area contributed by atoms with Gasteiger partial charge >= 0.3 is 0 Å². The highest BCUT2D eigenvalue weighted by Gasteiger charge is 2.08. The normalized spacial score (nSPS) is 12.2. The fourth-order valence-corrected chi connectivity index (χ4v) is 2.34. The summed E-state index contributed by atoms with van der Waals surface area (Å²) < 4.78 is 1.95. The molecule has 142 valence electrons. The third-order valence-electron chi connectivity index (χ3n) is 4.20. The molecule has 0 saturated heterocycles.